The lowest BCUT2D eigenvalue weighted by Crippen LogP contribution is -2.48. The van der Waals surface area contributed by atoms with Crippen LogP contribution in [0.15, 0.2) is 35.1 Å². The molecule has 3 aromatic rings. The van der Waals surface area contributed by atoms with Crippen LogP contribution in [0.4, 0.5) is 0 Å². The summed E-state index contributed by atoms with van der Waals surface area (Å²) < 4.78 is 2.53. The topological polar surface area (TPSA) is 61.3 Å². The molecule has 1 fully saturated rings. The van der Waals surface area contributed by atoms with Gasteiger partial charge in [-0.25, -0.2) is 0 Å². The summed E-state index contributed by atoms with van der Waals surface area (Å²) in [5, 5.41) is 0.520. The predicted octanol–water partition coefficient (Wildman–Crippen LogP) is 3.27. The van der Waals surface area contributed by atoms with Gasteiger partial charge in [0.05, 0.1) is 15.2 Å². The number of benzene rings is 1. The van der Waals surface area contributed by atoms with Gasteiger partial charge in [-0.2, -0.15) is 0 Å². The Morgan fingerprint density at radius 1 is 1.21 bits per heavy atom. The molecule has 0 unspecified atom stereocenters. The zero-order chi connectivity index (χ0) is 19.8. The number of nitrogens with zero attached hydrogens (tertiary/aromatic N) is 3. The van der Waals surface area contributed by atoms with Gasteiger partial charge >= 0.3 is 0 Å². The van der Waals surface area contributed by atoms with Crippen molar-refractivity contribution >= 4 is 52.0 Å². The van der Waals surface area contributed by atoms with E-state index in [0.29, 0.717) is 34.3 Å². The van der Waals surface area contributed by atoms with Crippen molar-refractivity contribution in [3.63, 3.8) is 0 Å². The van der Waals surface area contributed by atoms with Crippen LogP contribution in [0.2, 0.25) is 4.34 Å². The van der Waals surface area contributed by atoms with E-state index in [0.717, 1.165) is 24.0 Å². The molecule has 28 heavy (non-hydrogen) atoms. The number of aromatic nitrogens is 2. The summed E-state index contributed by atoms with van der Waals surface area (Å²) >= 11 is 12.8. The Balaban J connectivity index is 1.47. The first-order valence-corrected chi connectivity index (χ1v) is 10.5. The van der Waals surface area contributed by atoms with Gasteiger partial charge in [-0.3, -0.25) is 19.1 Å². The third kappa shape index (κ3) is 3.77. The van der Waals surface area contributed by atoms with Gasteiger partial charge in [-0.05, 0) is 42.5 Å². The normalized spacial score (nSPS) is 15.3. The van der Waals surface area contributed by atoms with Gasteiger partial charge in [0.15, 0.2) is 4.77 Å². The fourth-order valence-corrected chi connectivity index (χ4v) is 4.71. The van der Waals surface area contributed by atoms with Crippen LogP contribution in [0.3, 0.4) is 0 Å². The van der Waals surface area contributed by atoms with Crippen LogP contribution in [-0.2, 0) is 13.6 Å². The van der Waals surface area contributed by atoms with E-state index < -0.39 is 0 Å². The molecule has 4 rings (SSSR count). The quantitative estimate of drug-likeness (QED) is 0.643. The predicted molar refractivity (Wildman–Crippen MR) is 115 cm³/mol. The Labute approximate surface area is 176 Å². The number of aromatic amines is 1. The first-order valence-electron chi connectivity index (χ1n) is 8.91. The largest absolute Gasteiger partial charge is 0.336 e. The molecule has 0 aliphatic carbocycles. The molecule has 0 radical (unpaired) electrons. The van der Waals surface area contributed by atoms with Gasteiger partial charge in [-0.15, -0.1) is 11.3 Å². The summed E-state index contributed by atoms with van der Waals surface area (Å²) in [4.78, 5) is 33.6. The summed E-state index contributed by atoms with van der Waals surface area (Å²) in [6.45, 7) is 3.83. The van der Waals surface area contributed by atoms with Gasteiger partial charge in [0.25, 0.3) is 11.5 Å². The molecular formula is C19H19ClN4O2S2. The Morgan fingerprint density at radius 2 is 1.96 bits per heavy atom. The van der Waals surface area contributed by atoms with Crippen LogP contribution in [0.1, 0.15) is 15.2 Å². The molecule has 1 amide bonds. The van der Waals surface area contributed by atoms with Crippen LogP contribution in [0, 0.1) is 4.77 Å². The maximum atomic E-state index is 12.9. The first-order chi connectivity index (χ1) is 13.4. The van der Waals surface area contributed by atoms with E-state index >= 15 is 0 Å². The van der Waals surface area contributed by atoms with Crippen LogP contribution in [-0.4, -0.2) is 51.4 Å². The molecular weight excluding hydrogens is 416 g/mol. The second-order valence-corrected chi connectivity index (χ2v) is 9.02. The number of carbonyl (C=O) groups excluding carboxylic acids is 1. The van der Waals surface area contributed by atoms with Crippen molar-refractivity contribution in [2.75, 3.05) is 26.2 Å². The summed E-state index contributed by atoms with van der Waals surface area (Å²) in [5.41, 5.74) is 0.983. The molecule has 0 atom stereocenters. The highest BCUT2D eigenvalue weighted by atomic mass is 35.5. The minimum Gasteiger partial charge on any atom is -0.336 e. The molecule has 3 heterocycles. The fourth-order valence-electron chi connectivity index (χ4n) is 3.39. The molecule has 1 N–H and O–H groups in total. The van der Waals surface area contributed by atoms with Crippen molar-refractivity contribution in [2.45, 2.75) is 6.54 Å². The van der Waals surface area contributed by atoms with Crippen LogP contribution >= 0.6 is 35.2 Å². The zero-order valence-electron chi connectivity index (χ0n) is 15.3. The summed E-state index contributed by atoms with van der Waals surface area (Å²) in [5.74, 6) is -0.0271. The van der Waals surface area contributed by atoms with Gasteiger partial charge < -0.3 is 9.88 Å². The second kappa shape index (κ2) is 7.79. The van der Waals surface area contributed by atoms with Crippen LogP contribution in [0.5, 0.6) is 0 Å². The number of H-pyrrole nitrogens is 1. The van der Waals surface area contributed by atoms with E-state index in [2.05, 4.69) is 9.88 Å². The van der Waals surface area contributed by atoms with Gasteiger partial charge in [0.1, 0.15) is 0 Å². The standard InChI is InChI=1S/C19H19ClN4O2S2/c1-22-18(26)14-4-2-12(10-15(14)21-19(22)27)17(25)24-8-6-23(7-9-24)11-13-3-5-16(20)28-13/h2-5,10H,6-9,11H2,1H3,(H,21,27). The highest BCUT2D eigenvalue weighted by Gasteiger charge is 2.23. The minimum atomic E-state index is -0.167. The Morgan fingerprint density at radius 3 is 2.64 bits per heavy atom. The number of amides is 1. The average Bonchev–Trinajstić information content (AvgIpc) is 3.10. The smallest absolute Gasteiger partial charge is 0.261 e. The molecule has 9 heteroatoms. The third-order valence-corrected chi connectivity index (χ3v) is 6.61. The number of rotatable bonds is 3. The molecule has 1 aromatic carbocycles. The zero-order valence-corrected chi connectivity index (χ0v) is 17.7. The molecule has 6 nitrogen and oxygen atoms in total. The van der Waals surface area contributed by atoms with E-state index in [1.165, 1.54) is 9.44 Å². The molecule has 1 saturated heterocycles. The van der Waals surface area contributed by atoms with Gasteiger partial charge in [0.2, 0.25) is 0 Å². The van der Waals surface area contributed by atoms with E-state index in [4.69, 9.17) is 23.8 Å². The van der Waals surface area contributed by atoms with Crippen molar-refractivity contribution in [1.82, 2.24) is 19.4 Å². The second-order valence-electron chi connectivity index (χ2n) is 6.83. The first kappa shape index (κ1) is 19.3. The minimum absolute atomic E-state index is 0.0271. The number of piperazine rings is 1. The van der Waals surface area contributed by atoms with E-state index in [-0.39, 0.29) is 11.5 Å². The van der Waals surface area contributed by atoms with Crippen molar-refractivity contribution in [1.29, 1.82) is 0 Å². The van der Waals surface area contributed by atoms with E-state index in [1.54, 1.807) is 36.6 Å². The highest BCUT2D eigenvalue weighted by Crippen LogP contribution is 2.23. The van der Waals surface area contributed by atoms with Gasteiger partial charge in [0, 0.05) is 50.2 Å². The van der Waals surface area contributed by atoms with Crippen LogP contribution < -0.4 is 5.56 Å². The van der Waals surface area contributed by atoms with E-state index in [9.17, 15) is 9.59 Å². The molecule has 1 aliphatic rings. The maximum Gasteiger partial charge on any atom is 0.261 e. The lowest BCUT2D eigenvalue weighted by molar-refractivity contribution is 0.0630. The van der Waals surface area contributed by atoms with Crippen LogP contribution in [0.25, 0.3) is 10.9 Å². The third-order valence-electron chi connectivity index (χ3n) is 5.02. The lowest BCUT2D eigenvalue weighted by atomic mass is 10.1. The van der Waals surface area contributed by atoms with Crippen molar-refractivity contribution < 1.29 is 4.79 Å². The number of halogens is 1. The number of fused-ring (bicyclic) bond motifs is 1. The lowest BCUT2D eigenvalue weighted by Gasteiger charge is -2.34. The average molecular weight is 435 g/mol. The molecule has 0 saturated carbocycles. The Kier molecular flexibility index (Phi) is 5.37. The molecule has 1 aliphatic heterocycles. The molecule has 0 spiro atoms. The fraction of sp³-hybridized carbons (Fsp3) is 0.316. The Hall–Kier alpha value is -2.00. The summed E-state index contributed by atoms with van der Waals surface area (Å²) in [6, 6.07) is 9.08. The SMILES string of the molecule is Cn1c(=S)[nH]c2cc(C(=O)N3CCN(Cc4ccc(Cl)s4)CC3)ccc2c1=O. The number of nitrogens with one attached hydrogen (secondary N) is 1. The molecule has 146 valence electrons. The number of hydrogen-bond acceptors (Lipinski definition) is 5. The monoisotopic (exact) mass is 434 g/mol. The number of hydrogen-bond donors (Lipinski definition) is 1. The molecule has 2 aromatic heterocycles. The van der Waals surface area contributed by atoms with Crippen molar-refractivity contribution in [3.05, 3.63) is 60.2 Å². The Bertz CT molecular complexity index is 1160. The molecule has 0 bridgehead atoms. The van der Waals surface area contributed by atoms with Crippen molar-refractivity contribution in [2.24, 2.45) is 7.05 Å². The summed E-state index contributed by atoms with van der Waals surface area (Å²) in [6.07, 6.45) is 0. The number of carbonyl (C=O) groups is 1. The summed E-state index contributed by atoms with van der Waals surface area (Å²) in [7, 11) is 1.63. The maximum absolute atomic E-state index is 12.9. The number of thiophene rings is 1. The highest BCUT2D eigenvalue weighted by molar-refractivity contribution is 7.71. The van der Waals surface area contributed by atoms with Gasteiger partial charge in [-0.1, -0.05) is 11.6 Å². The van der Waals surface area contributed by atoms with Crippen molar-refractivity contribution in [3.8, 4) is 0 Å². The van der Waals surface area contributed by atoms with E-state index in [1.807, 2.05) is 17.0 Å².